The van der Waals surface area contributed by atoms with E-state index in [0.29, 0.717) is 31.4 Å². The third kappa shape index (κ3) is 9.41. The molecule has 0 aromatic heterocycles. The summed E-state index contributed by atoms with van der Waals surface area (Å²) in [6, 6.07) is 14.4. The van der Waals surface area contributed by atoms with Gasteiger partial charge in [-0.2, -0.15) is 0 Å². The summed E-state index contributed by atoms with van der Waals surface area (Å²) in [5.41, 5.74) is -0.236. The number of carbonyl (C=O) groups is 5. The fourth-order valence-corrected chi connectivity index (χ4v) is 8.41. The second-order valence-corrected chi connectivity index (χ2v) is 17.5. The topological polar surface area (TPSA) is 189 Å². The van der Waals surface area contributed by atoms with Gasteiger partial charge in [0.1, 0.15) is 29.3 Å². The third-order valence-electron chi connectivity index (χ3n) is 10.1. The number of fused-ring (bicyclic) bond motifs is 2. The number of benzene rings is 2. The molecule has 0 spiro atoms. The minimum atomic E-state index is -3.91. The number of allylic oxidation sites excluding steroid dienone is 1. The molecule has 2 saturated carbocycles. The molecule has 6 rings (SSSR count). The molecule has 0 radical (unpaired) electrons. The maximum atomic E-state index is 14.4. The molecule has 2 aromatic carbocycles. The summed E-state index contributed by atoms with van der Waals surface area (Å²) in [5, 5.41) is 7.64. The molecule has 290 valence electrons. The fraction of sp³-hybridized carbons (Fsp3) is 0.513. The van der Waals surface area contributed by atoms with E-state index in [2.05, 4.69) is 20.7 Å². The highest BCUT2D eigenvalue weighted by molar-refractivity contribution is 7.91. The Kier molecular flexibility index (Phi) is 11.4. The Hall–Kier alpha value is -4.92. The largest absolute Gasteiger partial charge is 0.444 e. The molecule has 2 aliphatic carbocycles. The van der Waals surface area contributed by atoms with E-state index in [0.717, 1.165) is 24.0 Å². The van der Waals surface area contributed by atoms with Crippen LogP contribution in [-0.2, 0) is 33.9 Å². The van der Waals surface area contributed by atoms with Gasteiger partial charge in [-0.3, -0.25) is 24.4 Å². The van der Waals surface area contributed by atoms with Crippen LogP contribution in [0.15, 0.2) is 66.7 Å². The zero-order valence-electron chi connectivity index (χ0n) is 30.8. The van der Waals surface area contributed by atoms with Crippen LogP contribution in [-0.4, -0.2) is 84.3 Å². The van der Waals surface area contributed by atoms with Crippen molar-refractivity contribution < 1.29 is 41.9 Å². The summed E-state index contributed by atoms with van der Waals surface area (Å²) in [7, 11) is -3.91. The Labute approximate surface area is 315 Å². The van der Waals surface area contributed by atoms with Gasteiger partial charge < -0.3 is 25.0 Å². The smallest absolute Gasteiger partial charge is 0.411 e. The molecular weight excluding hydrogens is 715 g/mol. The van der Waals surface area contributed by atoms with Gasteiger partial charge in [-0.05, 0) is 70.9 Å². The summed E-state index contributed by atoms with van der Waals surface area (Å²) < 4.78 is 39.1. The van der Waals surface area contributed by atoms with E-state index >= 15 is 0 Å². The van der Waals surface area contributed by atoms with Crippen LogP contribution in [0.4, 0.5) is 15.3 Å². The molecule has 4 N–H and O–H groups in total. The van der Waals surface area contributed by atoms with Gasteiger partial charge in [-0.25, -0.2) is 18.0 Å². The highest BCUT2D eigenvalue weighted by atomic mass is 32.2. The minimum Gasteiger partial charge on any atom is -0.444 e. The van der Waals surface area contributed by atoms with Crippen molar-refractivity contribution in [1.82, 2.24) is 20.3 Å². The first-order chi connectivity index (χ1) is 25.6. The van der Waals surface area contributed by atoms with Gasteiger partial charge in [-0.15, -0.1) is 0 Å². The molecule has 0 bridgehead atoms. The molecule has 2 aromatic rings. The van der Waals surface area contributed by atoms with E-state index in [1.807, 2.05) is 54.6 Å². The van der Waals surface area contributed by atoms with E-state index in [4.69, 9.17) is 9.47 Å². The number of nitrogens with zero attached hydrogens (tertiary/aromatic N) is 1. The van der Waals surface area contributed by atoms with Crippen LogP contribution in [0.25, 0.3) is 11.1 Å². The van der Waals surface area contributed by atoms with Gasteiger partial charge in [0.2, 0.25) is 21.8 Å². The molecule has 3 fully saturated rings. The van der Waals surface area contributed by atoms with E-state index < -0.39 is 80.4 Å². The highest BCUT2D eigenvalue weighted by Gasteiger charge is 2.62. The Balaban J connectivity index is 1.25. The Morgan fingerprint density at radius 2 is 1.65 bits per heavy atom. The molecule has 5 amide bonds. The first-order valence-electron chi connectivity index (χ1n) is 18.6. The number of alkyl carbamates (subject to hydrolysis) is 1. The predicted molar refractivity (Wildman–Crippen MR) is 200 cm³/mol. The van der Waals surface area contributed by atoms with Crippen LogP contribution in [0, 0.1) is 5.92 Å². The fourth-order valence-electron chi connectivity index (χ4n) is 7.05. The standard InChI is InChI=1S/C39H49N5O9S/c1-38(2,3)53-37(49)41-31-19-11-6-4-5-10-16-26-23-39(26,35(47)43-54(50,51)28-20-21-28)42-33(45)32-22-27(24-44(32)34(31)46)52-36(48)40-30-18-13-12-17-29(30)25-14-8-7-9-15-25/h7-10,12-18,26-28,31-32H,4-6,11,19-24H2,1-3H3,(H,40,48)(H,41,49)(H,42,45)(H,43,47)/b16-10-/t26-,27-,31+,32+,39-/m1/s1. The molecule has 1 saturated heterocycles. The molecule has 54 heavy (non-hydrogen) atoms. The van der Waals surface area contributed by atoms with E-state index in [1.54, 1.807) is 32.9 Å². The predicted octanol–water partition coefficient (Wildman–Crippen LogP) is 4.77. The van der Waals surface area contributed by atoms with Crippen molar-refractivity contribution in [2.75, 3.05) is 11.9 Å². The van der Waals surface area contributed by atoms with Crippen molar-refractivity contribution in [1.29, 1.82) is 0 Å². The zero-order valence-corrected chi connectivity index (χ0v) is 31.7. The number of rotatable bonds is 7. The summed E-state index contributed by atoms with van der Waals surface area (Å²) >= 11 is 0. The number of sulfonamides is 1. The number of ether oxygens (including phenoxy) is 2. The summed E-state index contributed by atoms with van der Waals surface area (Å²) in [6.07, 6.45) is 5.22. The first kappa shape index (κ1) is 38.8. The molecule has 0 unspecified atom stereocenters. The molecule has 4 aliphatic rings. The van der Waals surface area contributed by atoms with E-state index in [1.165, 1.54) is 4.90 Å². The average Bonchev–Trinajstić information content (AvgIpc) is 4.03. The van der Waals surface area contributed by atoms with Crippen molar-refractivity contribution in [3.05, 3.63) is 66.7 Å². The van der Waals surface area contributed by atoms with Crippen LogP contribution >= 0.6 is 0 Å². The first-order valence-corrected chi connectivity index (χ1v) is 20.2. The van der Waals surface area contributed by atoms with Gasteiger partial charge >= 0.3 is 12.2 Å². The summed E-state index contributed by atoms with van der Waals surface area (Å²) in [4.78, 5) is 69.8. The quantitative estimate of drug-likeness (QED) is 0.288. The number of nitrogens with one attached hydrogen (secondary N) is 4. The van der Waals surface area contributed by atoms with Crippen molar-refractivity contribution in [2.24, 2.45) is 5.92 Å². The van der Waals surface area contributed by atoms with E-state index in [-0.39, 0.29) is 25.8 Å². The van der Waals surface area contributed by atoms with Crippen LogP contribution in [0.5, 0.6) is 0 Å². The Bertz CT molecular complexity index is 1890. The molecule has 2 aliphatic heterocycles. The van der Waals surface area contributed by atoms with Crippen molar-refractivity contribution in [2.45, 2.75) is 113 Å². The number of amides is 5. The molecule has 15 heteroatoms. The molecule has 5 atom stereocenters. The lowest BCUT2D eigenvalue weighted by Gasteiger charge is -2.30. The van der Waals surface area contributed by atoms with Crippen molar-refractivity contribution >= 4 is 45.6 Å². The van der Waals surface area contributed by atoms with Crippen LogP contribution < -0.4 is 20.7 Å². The van der Waals surface area contributed by atoms with Gasteiger partial charge in [0, 0.05) is 17.9 Å². The zero-order chi connectivity index (χ0) is 38.7. The highest BCUT2D eigenvalue weighted by Crippen LogP contribution is 2.46. The van der Waals surface area contributed by atoms with Gasteiger partial charge in [-0.1, -0.05) is 73.5 Å². The molecular formula is C39H49N5O9S. The Morgan fingerprint density at radius 3 is 2.37 bits per heavy atom. The van der Waals surface area contributed by atoms with Crippen LogP contribution in [0.1, 0.15) is 78.6 Å². The minimum absolute atomic E-state index is 0.108. The van der Waals surface area contributed by atoms with Crippen molar-refractivity contribution in [3.63, 3.8) is 0 Å². The summed E-state index contributed by atoms with van der Waals surface area (Å²) in [5.74, 6) is -2.57. The number of hydrogen-bond donors (Lipinski definition) is 4. The second kappa shape index (κ2) is 15.8. The van der Waals surface area contributed by atoms with Crippen LogP contribution in [0.2, 0.25) is 0 Å². The van der Waals surface area contributed by atoms with Gasteiger partial charge in [0.25, 0.3) is 5.91 Å². The lowest BCUT2D eigenvalue weighted by Crippen LogP contribution is -2.58. The lowest BCUT2D eigenvalue weighted by molar-refractivity contribution is -0.141. The SMILES string of the molecule is CC(C)(C)OC(=O)N[C@H]1CCCCC/C=C\[C@@H]2C[C@@]2(C(=O)NS(=O)(=O)C2CC2)NC(=O)[C@@H]2C[C@@H](OC(=O)Nc3ccccc3-c3ccccc3)CN2C1=O. The van der Waals surface area contributed by atoms with E-state index in [9.17, 15) is 32.4 Å². The Morgan fingerprint density at radius 1 is 0.926 bits per heavy atom. The number of para-hydroxylation sites is 1. The van der Waals surface area contributed by atoms with Crippen LogP contribution in [0.3, 0.4) is 0 Å². The van der Waals surface area contributed by atoms with Gasteiger partial charge in [0.05, 0.1) is 17.5 Å². The number of anilines is 1. The molecule has 14 nitrogen and oxygen atoms in total. The number of carbonyl (C=O) groups excluding carboxylic acids is 5. The van der Waals surface area contributed by atoms with Crippen molar-refractivity contribution in [3.8, 4) is 11.1 Å². The lowest BCUT2D eigenvalue weighted by atomic mass is 10.0. The number of hydrogen-bond acceptors (Lipinski definition) is 9. The van der Waals surface area contributed by atoms with Gasteiger partial charge in [0.15, 0.2) is 0 Å². The monoisotopic (exact) mass is 763 g/mol. The maximum Gasteiger partial charge on any atom is 0.411 e. The normalized spacial score (nSPS) is 26.8. The average molecular weight is 764 g/mol. The maximum absolute atomic E-state index is 14.4. The molecule has 2 heterocycles. The third-order valence-corrected chi connectivity index (χ3v) is 11.9. The summed E-state index contributed by atoms with van der Waals surface area (Å²) in [6.45, 7) is 4.95. The second-order valence-electron chi connectivity index (χ2n) is 15.5.